The number of hydrogen-bond donors (Lipinski definition) is 3. The minimum absolute atomic E-state index is 0.213. The maximum Gasteiger partial charge on any atom is 0.350 e. The number of pyridine rings is 1. The monoisotopic (exact) mass is 405 g/mol. The van der Waals surface area contributed by atoms with Gasteiger partial charge in [-0.2, -0.15) is 0 Å². The maximum atomic E-state index is 11.9. The van der Waals surface area contributed by atoms with Crippen LogP contribution in [0.4, 0.5) is 10.5 Å². The second-order valence-corrected chi connectivity index (χ2v) is 7.29. The molecule has 0 aliphatic carbocycles. The van der Waals surface area contributed by atoms with Crippen molar-refractivity contribution in [3.63, 3.8) is 0 Å². The lowest BCUT2D eigenvalue weighted by Gasteiger charge is -2.21. The van der Waals surface area contributed by atoms with E-state index in [1.54, 1.807) is 6.07 Å². The fourth-order valence-electron chi connectivity index (χ4n) is 3.27. The lowest BCUT2D eigenvalue weighted by molar-refractivity contribution is 0.246. The van der Waals surface area contributed by atoms with Gasteiger partial charge in [0.2, 0.25) is 5.88 Å². The highest BCUT2D eigenvalue weighted by Crippen LogP contribution is 2.29. The van der Waals surface area contributed by atoms with Gasteiger partial charge in [-0.25, -0.2) is 26.5 Å². The normalized spacial score (nSPS) is 10.6. The summed E-state index contributed by atoms with van der Waals surface area (Å²) in [5, 5.41) is 0.970. The number of ether oxygens (including phenoxy) is 1. The Morgan fingerprint density at radius 3 is 2.43 bits per heavy atom. The fourth-order valence-corrected chi connectivity index (χ4v) is 3.27. The quantitative estimate of drug-likeness (QED) is 0.340. The summed E-state index contributed by atoms with van der Waals surface area (Å²) in [4.78, 5) is 16.5. The third-order valence-corrected chi connectivity index (χ3v) is 5.06. The van der Waals surface area contributed by atoms with Gasteiger partial charge in [-0.1, -0.05) is 42.0 Å². The van der Waals surface area contributed by atoms with Crippen LogP contribution in [0.5, 0.6) is 5.88 Å². The van der Waals surface area contributed by atoms with Gasteiger partial charge in [-0.3, -0.25) is 5.43 Å². The Balaban J connectivity index is 1.87. The number of amides is 2. The number of anilines is 1. The van der Waals surface area contributed by atoms with E-state index in [-0.39, 0.29) is 6.61 Å². The summed E-state index contributed by atoms with van der Waals surface area (Å²) in [6, 6.07) is 15.3. The molecule has 2 aromatic carbocycles. The van der Waals surface area contributed by atoms with E-state index >= 15 is 0 Å². The predicted molar refractivity (Wildman–Crippen MR) is 119 cm³/mol. The van der Waals surface area contributed by atoms with Crippen molar-refractivity contribution in [2.75, 3.05) is 5.01 Å². The van der Waals surface area contributed by atoms with Gasteiger partial charge in [0.25, 0.3) is 0 Å². The van der Waals surface area contributed by atoms with Crippen LogP contribution in [-0.2, 0) is 6.61 Å². The number of nitrogens with two attached hydrogens (primary N) is 2. The minimum Gasteiger partial charge on any atom is -0.473 e. The lowest BCUT2D eigenvalue weighted by atomic mass is 10.0. The molecule has 3 aromatic rings. The van der Waals surface area contributed by atoms with Crippen molar-refractivity contribution in [2.45, 2.75) is 34.3 Å². The molecule has 0 aliphatic heterocycles. The van der Waals surface area contributed by atoms with Crippen LogP contribution in [-0.4, -0.2) is 11.0 Å². The largest absolute Gasteiger partial charge is 0.473 e. The molecule has 2 amide bonds. The molecule has 3 rings (SSSR count). The van der Waals surface area contributed by atoms with Crippen LogP contribution in [0, 0.1) is 27.7 Å². The molecule has 156 valence electrons. The number of carbonyl (C=O) groups excluding carboxylic acids is 1. The zero-order chi connectivity index (χ0) is 21.8. The van der Waals surface area contributed by atoms with E-state index in [9.17, 15) is 4.79 Å². The summed E-state index contributed by atoms with van der Waals surface area (Å²) in [6.45, 7) is 8.15. The van der Waals surface area contributed by atoms with Gasteiger partial charge in [0.15, 0.2) is 0 Å². The first-order valence-electron chi connectivity index (χ1n) is 9.63. The molecule has 1 heterocycles. The molecule has 0 bridgehead atoms. The van der Waals surface area contributed by atoms with Gasteiger partial charge >= 0.3 is 6.03 Å². The molecule has 0 spiro atoms. The molecule has 30 heavy (non-hydrogen) atoms. The smallest absolute Gasteiger partial charge is 0.350 e. The third-order valence-electron chi connectivity index (χ3n) is 5.06. The second kappa shape index (κ2) is 8.94. The van der Waals surface area contributed by atoms with Crippen LogP contribution in [0.25, 0.3) is 11.1 Å². The number of nitrogens with zero attached hydrogens (tertiary/aromatic N) is 2. The Morgan fingerprint density at radius 2 is 1.77 bits per heavy atom. The van der Waals surface area contributed by atoms with Gasteiger partial charge in [-0.05, 0) is 51.0 Å². The van der Waals surface area contributed by atoms with Crippen molar-refractivity contribution in [1.29, 1.82) is 0 Å². The number of nitrogens with one attached hydrogen (secondary N) is 1. The van der Waals surface area contributed by atoms with Crippen molar-refractivity contribution in [3.8, 4) is 17.0 Å². The van der Waals surface area contributed by atoms with Crippen molar-refractivity contribution >= 4 is 11.7 Å². The summed E-state index contributed by atoms with van der Waals surface area (Å²) >= 11 is 0. The number of urea groups is 1. The van der Waals surface area contributed by atoms with E-state index in [1.807, 2.05) is 38.3 Å². The average molecular weight is 406 g/mol. The van der Waals surface area contributed by atoms with Crippen molar-refractivity contribution in [3.05, 3.63) is 76.5 Å². The van der Waals surface area contributed by atoms with E-state index in [1.165, 1.54) is 5.56 Å². The maximum absolute atomic E-state index is 11.9. The molecule has 5 N–H and O–H groups in total. The number of aromatic nitrogens is 1. The standard InChI is InChI=1S/C23H27N5O2/c1-14-8-10-18(11-9-14)19-12-16(3)22(26-17(19)4)30-13-20-15(2)6-5-7-21(20)28(25)23(29)27-24/h5-12H,13,24-25H2,1-4H3,(H,27,29). The summed E-state index contributed by atoms with van der Waals surface area (Å²) in [7, 11) is 0. The molecule has 0 unspecified atom stereocenters. The zero-order valence-corrected chi connectivity index (χ0v) is 17.7. The van der Waals surface area contributed by atoms with Gasteiger partial charge in [0.1, 0.15) is 6.61 Å². The Kier molecular flexibility index (Phi) is 6.34. The van der Waals surface area contributed by atoms with Crippen LogP contribution < -0.4 is 26.9 Å². The summed E-state index contributed by atoms with van der Waals surface area (Å²) in [5.41, 5.74) is 9.49. The van der Waals surface area contributed by atoms with Crippen LogP contribution in [0.15, 0.2) is 48.5 Å². The first-order chi connectivity index (χ1) is 14.3. The number of carbonyl (C=O) groups is 1. The Labute approximate surface area is 176 Å². The highest BCUT2D eigenvalue weighted by molar-refractivity contribution is 5.91. The number of hydrazine groups is 2. The van der Waals surface area contributed by atoms with Crippen molar-refractivity contribution < 1.29 is 9.53 Å². The average Bonchev–Trinajstić information content (AvgIpc) is 2.74. The van der Waals surface area contributed by atoms with Crippen molar-refractivity contribution in [1.82, 2.24) is 10.4 Å². The summed E-state index contributed by atoms with van der Waals surface area (Å²) in [6.07, 6.45) is 0. The molecule has 0 saturated carbocycles. The summed E-state index contributed by atoms with van der Waals surface area (Å²) < 4.78 is 6.04. The van der Waals surface area contributed by atoms with Crippen LogP contribution in [0.3, 0.4) is 0 Å². The summed E-state index contributed by atoms with van der Waals surface area (Å²) in [5.74, 6) is 11.7. The van der Waals surface area contributed by atoms with E-state index in [2.05, 4.69) is 42.2 Å². The lowest BCUT2D eigenvalue weighted by Crippen LogP contribution is -2.48. The first kappa shape index (κ1) is 21.3. The number of aryl methyl sites for hydroxylation is 4. The number of hydrogen-bond acceptors (Lipinski definition) is 5. The highest BCUT2D eigenvalue weighted by Gasteiger charge is 2.17. The molecule has 0 fully saturated rings. The fraction of sp³-hybridized carbons (Fsp3) is 0.217. The molecule has 1 aromatic heterocycles. The van der Waals surface area contributed by atoms with Gasteiger partial charge in [0, 0.05) is 22.4 Å². The molecule has 0 radical (unpaired) electrons. The van der Waals surface area contributed by atoms with Gasteiger partial charge in [-0.15, -0.1) is 0 Å². The zero-order valence-electron chi connectivity index (χ0n) is 17.7. The molecular formula is C23H27N5O2. The van der Waals surface area contributed by atoms with E-state index in [0.29, 0.717) is 11.6 Å². The molecule has 0 atom stereocenters. The van der Waals surface area contributed by atoms with Gasteiger partial charge in [0.05, 0.1) is 5.69 Å². The molecular weight excluding hydrogens is 378 g/mol. The van der Waals surface area contributed by atoms with Crippen LogP contribution >= 0.6 is 0 Å². The molecule has 7 heteroatoms. The highest BCUT2D eigenvalue weighted by atomic mass is 16.5. The van der Waals surface area contributed by atoms with Gasteiger partial charge < -0.3 is 4.74 Å². The topological polar surface area (TPSA) is 106 Å². The SMILES string of the molecule is Cc1ccc(-c2cc(C)c(OCc3c(C)cccc3N(N)C(=O)NN)nc2C)cc1. The number of benzene rings is 2. The number of rotatable bonds is 5. The minimum atomic E-state index is -0.616. The van der Waals surface area contributed by atoms with E-state index in [4.69, 9.17) is 16.4 Å². The van der Waals surface area contributed by atoms with E-state index in [0.717, 1.165) is 38.5 Å². The first-order valence-corrected chi connectivity index (χ1v) is 9.63. The van der Waals surface area contributed by atoms with E-state index < -0.39 is 6.03 Å². The second-order valence-electron chi connectivity index (χ2n) is 7.29. The predicted octanol–water partition coefficient (Wildman–Crippen LogP) is 3.82. The molecule has 0 aliphatic rings. The Morgan fingerprint density at radius 1 is 1.07 bits per heavy atom. The Hall–Kier alpha value is -3.42. The van der Waals surface area contributed by atoms with Crippen LogP contribution in [0.2, 0.25) is 0 Å². The molecule has 7 nitrogen and oxygen atoms in total. The third kappa shape index (κ3) is 4.42. The Bertz CT molecular complexity index is 1060. The van der Waals surface area contributed by atoms with Crippen molar-refractivity contribution in [2.24, 2.45) is 11.7 Å². The molecule has 0 saturated heterocycles. The van der Waals surface area contributed by atoms with Crippen LogP contribution in [0.1, 0.15) is 27.9 Å².